The highest BCUT2D eigenvalue weighted by Crippen LogP contribution is 1.90. The number of carbonyl (C=O) groups is 4. The number of carbonyl (C=O) groups excluding carboxylic acids is 3. The van der Waals surface area contributed by atoms with Crippen LogP contribution in [0.2, 0.25) is 0 Å². The first kappa shape index (κ1) is 18.6. The van der Waals surface area contributed by atoms with Crippen LogP contribution in [0.4, 0.5) is 0 Å². The number of nitrogens with two attached hydrogens (primary N) is 1. The number of carboxylic acid groups (broad SMARTS) is 1. The number of amides is 2. The SMILES string of the molecule is CCC(N)C(=O)NC(CNC(=O)/C=C/C(=O)OC)C(=O)O. The number of aliphatic carboxylic acids is 1. The van der Waals surface area contributed by atoms with Gasteiger partial charge in [0.15, 0.2) is 0 Å². The van der Waals surface area contributed by atoms with Crippen LogP contribution < -0.4 is 16.4 Å². The summed E-state index contributed by atoms with van der Waals surface area (Å²) in [5.41, 5.74) is 5.46. The van der Waals surface area contributed by atoms with Crippen molar-refractivity contribution in [2.75, 3.05) is 13.7 Å². The van der Waals surface area contributed by atoms with E-state index in [0.717, 1.165) is 19.3 Å². The molecule has 2 amide bonds. The summed E-state index contributed by atoms with van der Waals surface area (Å²) in [7, 11) is 1.15. The predicted molar refractivity (Wildman–Crippen MR) is 72.0 cm³/mol. The Bertz CT molecular complexity index is 435. The van der Waals surface area contributed by atoms with E-state index in [1.807, 2.05) is 0 Å². The van der Waals surface area contributed by atoms with Crippen molar-refractivity contribution in [2.24, 2.45) is 5.73 Å². The van der Waals surface area contributed by atoms with Gasteiger partial charge in [-0.3, -0.25) is 9.59 Å². The van der Waals surface area contributed by atoms with E-state index in [-0.39, 0.29) is 6.54 Å². The first-order valence-corrected chi connectivity index (χ1v) is 6.14. The third kappa shape index (κ3) is 7.67. The van der Waals surface area contributed by atoms with Gasteiger partial charge in [-0.25, -0.2) is 9.59 Å². The van der Waals surface area contributed by atoms with Crippen LogP contribution in [0.1, 0.15) is 13.3 Å². The summed E-state index contributed by atoms with van der Waals surface area (Å²) in [5.74, 6) is -3.35. The summed E-state index contributed by atoms with van der Waals surface area (Å²) in [6, 6.07) is -2.13. The molecule has 9 nitrogen and oxygen atoms in total. The third-order valence-electron chi connectivity index (χ3n) is 2.44. The highest BCUT2D eigenvalue weighted by molar-refractivity contribution is 5.95. The van der Waals surface area contributed by atoms with Gasteiger partial charge in [0.1, 0.15) is 6.04 Å². The van der Waals surface area contributed by atoms with E-state index in [1.165, 1.54) is 0 Å². The maximum absolute atomic E-state index is 11.5. The molecular weight excluding hydrogens is 282 g/mol. The molecule has 9 heteroatoms. The van der Waals surface area contributed by atoms with Gasteiger partial charge in [-0.2, -0.15) is 0 Å². The molecule has 0 aliphatic heterocycles. The molecule has 2 atom stereocenters. The molecule has 0 aromatic carbocycles. The van der Waals surface area contributed by atoms with E-state index in [0.29, 0.717) is 6.42 Å². The van der Waals surface area contributed by atoms with Gasteiger partial charge >= 0.3 is 11.9 Å². The molecule has 0 fully saturated rings. The van der Waals surface area contributed by atoms with Gasteiger partial charge in [0, 0.05) is 18.7 Å². The zero-order valence-corrected chi connectivity index (χ0v) is 11.8. The Balaban J connectivity index is 4.43. The van der Waals surface area contributed by atoms with Crippen LogP contribution in [-0.2, 0) is 23.9 Å². The molecule has 0 aliphatic carbocycles. The average molecular weight is 301 g/mol. The monoisotopic (exact) mass is 301 g/mol. The minimum absolute atomic E-state index is 0.345. The number of esters is 1. The summed E-state index contributed by atoms with van der Waals surface area (Å²) in [6.45, 7) is 1.33. The van der Waals surface area contributed by atoms with Crippen LogP contribution in [0.5, 0.6) is 0 Å². The number of carboxylic acids is 1. The van der Waals surface area contributed by atoms with E-state index in [2.05, 4.69) is 15.4 Å². The second-order valence-corrected chi connectivity index (χ2v) is 4.02. The Kier molecular flexibility index (Phi) is 8.39. The van der Waals surface area contributed by atoms with Gasteiger partial charge in [-0.1, -0.05) is 6.92 Å². The lowest BCUT2D eigenvalue weighted by molar-refractivity contribution is -0.142. The predicted octanol–water partition coefficient (Wildman–Crippen LogP) is -1.86. The highest BCUT2D eigenvalue weighted by Gasteiger charge is 2.22. The van der Waals surface area contributed by atoms with Crippen LogP contribution in [-0.4, -0.2) is 54.6 Å². The van der Waals surface area contributed by atoms with Crippen molar-refractivity contribution in [1.82, 2.24) is 10.6 Å². The van der Waals surface area contributed by atoms with Crippen molar-refractivity contribution >= 4 is 23.8 Å². The zero-order valence-electron chi connectivity index (χ0n) is 11.8. The second kappa shape index (κ2) is 9.48. The standard InChI is InChI=1S/C12H19N3O6/c1-3-7(13)11(18)15-8(12(19)20)6-14-9(16)4-5-10(17)21-2/h4-5,7-8H,3,6,13H2,1-2H3,(H,14,16)(H,15,18)(H,19,20)/b5-4+. The molecule has 0 aromatic rings. The minimum atomic E-state index is -1.32. The van der Waals surface area contributed by atoms with E-state index >= 15 is 0 Å². The van der Waals surface area contributed by atoms with E-state index in [9.17, 15) is 19.2 Å². The number of nitrogens with one attached hydrogen (secondary N) is 2. The Hall–Kier alpha value is -2.42. The fourth-order valence-corrected chi connectivity index (χ4v) is 1.14. The van der Waals surface area contributed by atoms with Crippen LogP contribution >= 0.6 is 0 Å². The summed E-state index contributed by atoms with van der Waals surface area (Å²) < 4.78 is 4.29. The molecule has 0 aromatic heterocycles. The summed E-state index contributed by atoms with van der Waals surface area (Å²) >= 11 is 0. The Morgan fingerprint density at radius 1 is 1.29 bits per heavy atom. The lowest BCUT2D eigenvalue weighted by Gasteiger charge is -2.17. The molecule has 0 bridgehead atoms. The van der Waals surface area contributed by atoms with Crippen LogP contribution in [0.3, 0.4) is 0 Å². The normalized spacial score (nSPS) is 13.3. The maximum Gasteiger partial charge on any atom is 0.330 e. The molecular formula is C12H19N3O6. The topological polar surface area (TPSA) is 148 Å². The first-order valence-electron chi connectivity index (χ1n) is 6.14. The van der Waals surface area contributed by atoms with Crippen molar-refractivity contribution in [3.63, 3.8) is 0 Å². The molecule has 0 heterocycles. The number of rotatable bonds is 8. The number of methoxy groups -OCH3 is 1. The van der Waals surface area contributed by atoms with Gasteiger partial charge < -0.3 is 26.2 Å². The molecule has 0 aliphatic rings. The van der Waals surface area contributed by atoms with Crippen LogP contribution in [0, 0.1) is 0 Å². The largest absolute Gasteiger partial charge is 0.480 e. The summed E-state index contributed by atoms with van der Waals surface area (Å²) in [4.78, 5) is 44.6. The van der Waals surface area contributed by atoms with E-state index in [1.54, 1.807) is 6.92 Å². The molecule has 5 N–H and O–H groups in total. The van der Waals surface area contributed by atoms with Crippen molar-refractivity contribution in [3.8, 4) is 0 Å². The molecule has 0 spiro atoms. The second-order valence-electron chi connectivity index (χ2n) is 4.02. The molecule has 118 valence electrons. The minimum Gasteiger partial charge on any atom is -0.480 e. The van der Waals surface area contributed by atoms with Crippen molar-refractivity contribution in [2.45, 2.75) is 25.4 Å². The van der Waals surface area contributed by atoms with Crippen LogP contribution in [0.25, 0.3) is 0 Å². The highest BCUT2D eigenvalue weighted by atomic mass is 16.5. The molecule has 2 unspecified atom stereocenters. The Morgan fingerprint density at radius 3 is 2.38 bits per heavy atom. The number of ether oxygens (including phenoxy) is 1. The van der Waals surface area contributed by atoms with Gasteiger partial charge in [0.05, 0.1) is 13.2 Å². The van der Waals surface area contributed by atoms with Gasteiger partial charge in [0.25, 0.3) is 0 Å². The molecule has 0 saturated heterocycles. The summed E-state index contributed by atoms with van der Waals surface area (Å²) in [6.07, 6.45) is 2.13. The zero-order chi connectivity index (χ0) is 16.4. The lowest BCUT2D eigenvalue weighted by atomic mass is 10.2. The lowest BCUT2D eigenvalue weighted by Crippen LogP contribution is -2.52. The maximum atomic E-state index is 11.5. The van der Waals surface area contributed by atoms with Crippen LogP contribution in [0.15, 0.2) is 12.2 Å². The van der Waals surface area contributed by atoms with Gasteiger partial charge in [-0.05, 0) is 6.42 Å². The smallest absolute Gasteiger partial charge is 0.330 e. The third-order valence-corrected chi connectivity index (χ3v) is 2.44. The quantitative estimate of drug-likeness (QED) is 0.303. The fourth-order valence-electron chi connectivity index (χ4n) is 1.14. The van der Waals surface area contributed by atoms with E-state index in [4.69, 9.17) is 10.8 Å². The van der Waals surface area contributed by atoms with Gasteiger partial charge in [0.2, 0.25) is 11.8 Å². The Morgan fingerprint density at radius 2 is 1.90 bits per heavy atom. The number of hydrogen-bond acceptors (Lipinski definition) is 6. The van der Waals surface area contributed by atoms with Crippen molar-refractivity contribution in [1.29, 1.82) is 0 Å². The molecule has 21 heavy (non-hydrogen) atoms. The summed E-state index contributed by atoms with van der Waals surface area (Å²) in [5, 5.41) is 13.4. The van der Waals surface area contributed by atoms with Crippen molar-refractivity contribution < 1.29 is 29.0 Å². The van der Waals surface area contributed by atoms with Crippen molar-refractivity contribution in [3.05, 3.63) is 12.2 Å². The molecule has 0 saturated carbocycles. The van der Waals surface area contributed by atoms with E-state index < -0.39 is 35.8 Å². The Labute approximate surface area is 121 Å². The first-order chi connectivity index (χ1) is 9.81. The van der Waals surface area contributed by atoms with Gasteiger partial charge in [-0.15, -0.1) is 0 Å². The average Bonchev–Trinajstić information content (AvgIpc) is 2.47. The fraction of sp³-hybridized carbons (Fsp3) is 0.500. The molecule has 0 radical (unpaired) electrons. The number of hydrogen-bond donors (Lipinski definition) is 4. The molecule has 0 rings (SSSR count).